The quantitative estimate of drug-likeness (QED) is 0.0661. The van der Waals surface area contributed by atoms with Gasteiger partial charge in [-0.2, -0.15) is 0 Å². The molecule has 0 saturated carbocycles. The number of thiocarbonyl (C=S) groups is 1. The Balaban J connectivity index is 0.000000201. The number of hydrogen-bond donors (Lipinski definition) is 1. The Bertz CT molecular complexity index is 1540. The third-order valence-corrected chi connectivity index (χ3v) is 6.44. The van der Waals surface area contributed by atoms with Crippen LogP contribution in [0.5, 0.6) is 5.75 Å². The first-order valence-electron chi connectivity index (χ1n) is 13.1. The molecule has 0 bridgehead atoms. The molecular formula is C36H30N2OS2. The second-order valence-corrected chi connectivity index (χ2v) is 9.95. The Labute approximate surface area is 252 Å². The summed E-state index contributed by atoms with van der Waals surface area (Å²) < 4.78 is 5.91. The minimum atomic E-state index is 0.552. The molecule has 0 spiro atoms. The van der Waals surface area contributed by atoms with Gasteiger partial charge < -0.3 is 10.1 Å². The van der Waals surface area contributed by atoms with Crippen LogP contribution in [-0.2, 0) is 0 Å². The van der Waals surface area contributed by atoms with Crippen molar-refractivity contribution >= 4 is 52.3 Å². The van der Waals surface area contributed by atoms with Gasteiger partial charge in [-0.15, -0.1) is 0 Å². The van der Waals surface area contributed by atoms with Crippen molar-refractivity contribution in [2.75, 3.05) is 5.32 Å². The molecule has 5 heteroatoms. The number of nitrogens with one attached hydrogen (secondary N) is 1. The third kappa shape index (κ3) is 11.5. The van der Waals surface area contributed by atoms with E-state index in [-0.39, 0.29) is 0 Å². The van der Waals surface area contributed by atoms with Gasteiger partial charge in [-0.25, -0.2) is 4.99 Å². The predicted molar refractivity (Wildman–Crippen MR) is 180 cm³/mol. The standard InChI is InChI=1S/C21H17NOS.C15H13NS/c1-4-10-18(11-5-1)22-21(23-19-12-6-2-7-13-19)16-17-24-20-14-8-3-9-15-20;17-15(16-14-9-5-2-6-10-14)12-11-13-7-3-1-4-8-13/h1-17H;1-12H,(H,16,17). The summed E-state index contributed by atoms with van der Waals surface area (Å²) in [6.07, 6.45) is 5.79. The average molecular weight is 571 g/mol. The molecule has 41 heavy (non-hydrogen) atoms. The van der Waals surface area contributed by atoms with E-state index in [1.165, 1.54) is 4.90 Å². The van der Waals surface area contributed by atoms with Gasteiger partial charge in [0.05, 0.1) is 5.69 Å². The van der Waals surface area contributed by atoms with Gasteiger partial charge >= 0.3 is 0 Å². The Morgan fingerprint density at radius 3 is 1.80 bits per heavy atom. The molecule has 0 fully saturated rings. The number of aliphatic imine (C=N–C) groups is 1. The van der Waals surface area contributed by atoms with Gasteiger partial charge in [0.2, 0.25) is 5.90 Å². The van der Waals surface area contributed by atoms with Crippen LogP contribution in [0.15, 0.2) is 179 Å². The van der Waals surface area contributed by atoms with Gasteiger partial charge in [-0.05, 0) is 65.6 Å². The number of anilines is 1. The van der Waals surface area contributed by atoms with Gasteiger partial charge in [-0.3, -0.25) is 0 Å². The third-order valence-electron chi connectivity index (χ3n) is 5.39. The number of para-hydroxylation sites is 3. The highest BCUT2D eigenvalue weighted by atomic mass is 32.2. The molecule has 0 aliphatic heterocycles. The Morgan fingerprint density at radius 1 is 0.634 bits per heavy atom. The van der Waals surface area contributed by atoms with Crippen molar-refractivity contribution in [3.05, 3.63) is 175 Å². The minimum absolute atomic E-state index is 0.552. The normalized spacial score (nSPS) is 11.1. The van der Waals surface area contributed by atoms with Gasteiger partial charge in [0.1, 0.15) is 10.7 Å². The Hall–Kier alpha value is -4.71. The number of hydrogen-bond acceptors (Lipinski definition) is 4. The fourth-order valence-corrected chi connectivity index (χ4v) is 4.29. The Morgan fingerprint density at radius 2 is 1.17 bits per heavy atom. The molecule has 0 aromatic heterocycles. The smallest absolute Gasteiger partial charge is 0.220 e. The molecule has 5 aromatic carbocycles. The topological polar surface area (TPSA) is 33.6 Å². The van der Waals surface area contributed by atoms with Crippen LogP contribution >= 0.6 is 24.0 Å². The van der Waals surface area contributed by atoms with Crippen LogP contribution in [0.2, 0.25) is 0 Å². The van der Waals surface area contributed by atoms with E-state index in [0.717, 1.165) is 22.7 Å². The maximum Gasteiger partial charge on any atom is 0.220 e. The van der Waals surface area contributed by atoms with Crippen LogP contribution in [0, 0.1) is 0 Å². The van der Waals surface area contributed by atoms with E-state index in [4.69, 9.17) is 17.0 Å². The SMILES string of the molecule is C(=CC(=Nc1ccccc1)Oc1ccccc1)Sc1ccccc1.S=C(C=Cc1ccccc1)Nc1ccccc1. The summed E-state index contributed by atoms with van der Waals surface area (Å²) in [4.78, 5) is 6.46. The van der Waals surface area contributed by atoms with Crippen molar-refractivity contribution in [1.29, 1.82) is 0 Å². The molecule has 0 amide bonds. The van der Waals surface area contributed by atoms with Crippen LogP contribution in [-0.4, -0.2) is 10.9 Å². The number of ether oxygens (including phenoxy) is 1. The molecule has 0 heterocycles. The summed E-state index contributed by atoms with van der Waals surface area (Å²) in [5.41, 5.74) is 3.01. The lowest BCUT2D eigenvalue weighted by atomic mass is 10.2. The number of thioether (sulfide) groups is 1. The van der Waals surface area contributed by atoms with E-state index < -0.39 is 0 Å². The number of nitrogens with zero attached hydrogens (tertiary/aromatic N) is 1. The second kappa shape index (κ2) is 17.1. The molecule has 1 N–H and O–H groups in total. The summed E-state index contributed by atoms with van der Waals surface area (Å²) in [6, 6.07) is 49.7. The lowest BCUT2D eigenvalue weighted by Crippen LogP contribution is -2.04. The highest BCUT2D eigenvalue weighted by Crippen LogP contribution is 2.20. The molecule has 0 aliphatic carbocycles. The molecule has 202 valence electrons. The van der Waals surface area contributed by atoms with Gasteiger partial charge in [-0.1, -0.05) is 133 Å². The molecule has 0 unspecified atom stereocenters. The zero-order chi connectivity index (χ0) is 28.4. The van der Waals surface area contributed by atoms with Crippen LogP contribution in [0.25, 0.3) is 6.08 Å². The predicted octanol–water partition coefficient (Wildman–Crippen LogP) is 10.2. The fraction of sp³-hybridized carbons (Fsp3) is 0. The van der Waals surface area contributed by atoms with Gasteiger partial charge in [0.25, 0.3) is 0 Å². The summed E-state index contributed by atoms with van der Waals surface area (Å²) >= 11 is 6.87. The summed E-state index contributed by atoms with van der Waals surface area (Å²) in [5.74, 6) is 1.32. The monoisotopic (exact) mass is 570 g/mol. The van der Waals surface area contributed by atoms with Crippen molar-refractivity contribution in [2.45, 2.75) is 4.90 Å². The highest BCUT2D eigenvalue weighted by Gasteiger charge is 2.00. The molecule has 5 rings (SSSR count). The first-order chi connectivity index (χ1) is 20.2. The second-order valence-electron chi connectivity index (χ2n) is 8.53. The number of rotatable bonds is 8. The molecule has 0 aliphatic rings. The largest absolute Gasteiger partial charge is 0.439 e. The Kier molecular flexibility index (Phi) is 12.2. The van der Waals surface area contributed by atoms with Crippen molar-refractivity contribution in [1.82, 2.24) is 0 Å². The van der Waals surface area contributed by atoms with Gasteiger partial charge in [0, 0.05) is 16.7 Å². The van der Waals surface area contributed by atoms with E-state index in [1.54, 1.807) is 11.8 Å². The van der Waals surface area contributed by atoms with E-state index in [9.17, 15) is 0 Å². The lowest BCUT2D eigenvalue weighted by Gasteiger charge is -2.05. The molecule has 0 radical (unpaired) electrons. The molecule has 3 nitrogen and oxygen atoms in total. The lowest BCUT2D eigenvalue weighted by molar-refractivity contribution is 0.556. The number of benzene rings is 5. The summed E-state index contributed by atoms with van der Waals surface area (Å²) in [7, 11) is 0. The van der Waals surface area contributed by atoms with E-state index >= 15 is 0 Å². The van der Waals surface area contributed by atoms with Crippen molar-refractivity contribution in [3.8, 4) is 5.75 Å². The molecular weight excluding hydrogens is 541 g/mol. The molecule has 0 saturated heterocycles. The highest BCUT2D eigenvalue weighted by molar-refractivity contribution is 8.02. The fourth-order valence-electron chi connectivity index (χ4n) is 3.44. The minimum Gasteiger partial charge on any atom is -0.439 e. The summed E-state index contributed by atoms with van der Waals surface area (Å²) in [6.45, 7) is 0. The van der Waals surface area contributed by atoms with Crippen LogP contribution < -0.4 is 10.1 Å². The van der Waals surface area contributed by atoms with Crippen molar-refractivity contribution < 1.29 is 4.74 Å². The first-order valence-corrected chi connectivity index (χ1v) is 14.4. The van der Waals surface area contributed by atoms with E-state index in [2.05, 4.69) is 22.4 Å². The molecule has 0 atom stereocenters. The van der Waals surface area contributed by atoms with Crippen LogP contribution in [0.1, 0.15) is 5.56 Å². The summed E-state index contributed by atoms with van der Waals surface area (Å²) in [5, 5.41) is 5.14. The zero-order valence-electron chi connectivity index (χ0n) is 22.4. The van der Waals surface area contributed by atoms with E-state index in [1.807, 2.05) is 163 Å². The van der Waals surface area contributed by atoms with Crippen LogP contribution in [0.3, 0.4) is 0 Å². The van der Waals surface area contributed by atoms with Gasteiger partial charge in [0.15, 0.2) is 0 Å². The van der Waals surface area contributed by atoms with Crippen molar-refractivity contribution in [3.63, 3.8) is 0 Å². The van der Waals surface area contributed by atoms with Crippen molar-refractivity contribution in [2.24, 2.45) is 4.99 Å². The first kappa shape index (κ1) is 29.3. The van der Waals surface area contributed by atoms with E-state index in [0.29, 0.717) is 10.9 Å². The average Bonchev–Trinajstić information content (AvgIpc) is 3.03. The molecule has 5 aromatic rings. The maximum absolute atomic E-state index is 5.91. The zero-order valence-corrected chi connectivity index (χ0v) is 24.0. The van der Waals surface area contributed by atoms with Crippen LogP contribution in [0.4, 0.5) is 11.4 Å². The maximum atomic E-state index is 5.91.